The SMILES string of the molecule is CC(C)CC1(CNC(C)C2CCOC2)CCCC1. The molecule has 2 nitrogen and oxygen atoms in total. The van der Waals surface area contributed by atoms with Gasteiger partial charge < -0.3 is 10.1 Å². The van der Waals surface area contributed by atoms with Crippen molar-refractivity contribution < 1.29 is 4.74 Å². The Hall–Kier alpha value is -0.0800. The molecule has 1 N–H and O–H groups in total. The van der Waals surface area contributed by atoms with Crippen LogP contribution < -0.4 is 5.32 Å². The smallest absolute Gasteiger partial charge is 0.0509 e. The maximum absolute atomic E-state index is 5.50. The molecule has 1 heterocycles. The van der Waals surface area contributed by atoms with E-state index in [2.05, 4.69) is 26.1 Å². The second kappa shape index (κ2) is 6.38. The average molecular weight is 253 g/mol. The van der Waals surface area contributed by atoms with Crippen LogP contribution in [0.2, 0.25) is 0 Å². The highest BCUT2D eigenvalue weighted by molar-refractivity contribution is 4.89. The van der Waals surface area contributed by atoms with Crippen molar-refractivity contribution in [1.82, 2.24) is 5.32 Å². The van der Waals surface area contributed by atoms with E-state index < -0.39 is 0 Å². The lowest BCUT2D eigenvalue weighted by Crippen LogP contribution is -2.41. The minimum absolute atomic E-state index is 0.599. The van der Waals surface area contributed by atoms with Crippen molar-refractivity contribution in [3.05, 3.63) is 0 Å². The lowest BCUT2D eigenvalue weighted by atomic mass is 9.78. The van der Waals surface area contributed by atoms with E-state index in [1.807, 2.05) is 0 Å². The Labute approximate surface area is 113 Å². The molecule has 0 aromatic carbocycles. The molecule has 2 rings (SSSR count). The fourth-order valence-electron chi connectivity index (χ4n) is 3.94. The number of rotatable bonds is 6. The highest BCUT2D eigenvalue weighted by Gasteiger charge is 2.35. The zero-order chi connectivity index (χ0) is 13.0. The summed E-state index contributed by atoms with van der Waals surface area (Å²) in [7, 11) is 0. The van der Waals surface area contributed by atoms with Gasteiger partial charge in [0.05, 0.1) is 6.61 Å². The number of hydrogen-bond donors (Lipinski definition) is 1. The van der Waals surface area contributed by atoms with Crippen LogP contribution in [0.1, 0.15) is 59.3 Å². The predicted molar refractivity (Wildman–Crippen MR) is 76.7 cm³/mol. The van der Waals surface area contributed by atoms with E-state index in [0.717, 1.165) is 25.0 Å². The van der Waals surface area contributed by atoms with Crippen molar-refractivity contribution in [1.29, 1.82) is 0 Å². The first-order valence-electron chi connectivity index (χ1n) is 7.92. The fourth-order valence-corrected chi connectivity index (χ4v) is 3.94. The third-order valence-electron chi connectivity index (χ3n) is 4.98. The monoisotopic (exact) mass is 253 g/mol. The molecule has 2 aliphatic rings. The van der Waals surface area contributed by atoms with Crippen LogP contribution in [0, 0.1) is 17.3 Å². The molecule has 1 saturated carbocycles. The van der Waals surface area contributed by atoms with E-state index in [0.29, 0.717) is 11.5 Å². The maximum Gasteiger partial charge on any atom is 0.0509 e. The van der Waals surface area contributed by atoms with Gasteiger partial charge in [-0.25, -0.2) is 0 Å². The fraction of sp³-hybridized carbons (Fsp3) is 1.00. The van der Waals surface area contributed by atoms with Crippen LogP contribution >= 0.6 is 0 Å². The van der Waals surface area contributed by atoms with Gasteiger partial charge in [-0.15, -0.1) is 0 Å². The lowest BCUT2D eigenvalue weighted by Gasteiger charge is -2.33. The summed E-state index contributed by atoms with van der Waals surface area (Å²) < 4.78 is 5.50. The van der Waals surface area contributed by atoms with Gasteiger partial charge in [0.15, 0.2) is 0 Å². The van der Waals surface area contributed by atoms with Gasteiger partial charge in [-0.05, 0) is 49.9 Å². The molecule has 0 aromatic rings. The molecule has 0 radical (unpaired) electrons. The van der Waals surface area contributed by atoms with Gasteiger partial charge in [-0.2, -0.15) is 0 Å². The molecule has 0 bridgehead atoms. The Morgan fingerprint density at radius 2 is 1.94 bits per heavy atom. The minimum Gasteiger partial charge on any atom is -0.381 e. The summed E-state index contributed by atoms with van der Waals surface area (Å²) in [6.45, 7) is 10.2. The van der Waals surface area contributed by atoms with Gasteiger partial charge in [-0.3, -0.25) is 0 Å². The topological polar surface area (TPSA) is 21.3 Å². The molecule has 2 heteroatoms. The van der Waals surface area contributed by atoms with Crippen LogP contribution in [0.4, 0.5) is 0 Å². The highest BCUT2D eigenvalue weighted by atomic mass is 16.5. The summed E-state index contributed by atoms with van der Waals surface area (Å²) in [5.74, 6) is 1.57. The first-order chi connectivity index (χ1) is 8.61. The highest BCUT2D eigenvalue weighted by Crippen LogP contribution is 2.42. The molecular formula is C16H31NO. The molecular weight excluding hydrogens is 222 g/mol. The number of ether oxygens (including phenoxy) is 1. The molecule has 0 amide bonds. The average Bonchev–Trinajstić information content (AvgIpc) is 2.96. The number of hydrogen-bond acceptors (Lipinski definition) is 2. The van der Waals surface area contributed by atoms with Gasteiger partial charge in [0.1, 0.15) is 0 Å². The molecule has 1 aliphatic carbocycles. The summed E-state index contributed by atoms with van der Waals surface area (Å²) in [5.41, 5.74) is 0.599. The first kappa shape index (κ1) is 14.3. The number of nitrogens with one attached hydrogen (secondary N) is 1. The van der Waals surface area contributed by atoms with Crippen LogP contribution in [-0.2, 0) is 4.74 Å². The maximum atomic E-state index is 5.50. The first-order valence-corrected chi connectivity index (χ1v) is 7.92. The Morgan fingerprint density at radius 1 is 1.22 bits per heavy atom. The zero-order valence-electron chi connectivity index (χ0n) is 12.5. The molecule has 18 heavy (non-hydrogen) atoms. The van der Waals surface area contributed by atoms with Crippen LogP contribution in [0.5, 0.6) is 0 Å². The van der Waals surface area contributed by atoms with E-state index in [-0.39, 0.29) is 0 Å². The van der Waals surface area contributed by atoms with E-state index >= 15 is 0 Å². The predicted octanol–water partition coefficient (Wildman–Crippen LogP) is 3.61. The van der Waals surface area contributed by atoms with Crippen molar-refractivity contribution in [3.63, 3.8) is 0 Å². The third kappa shape index (κ3) is 3.71. The van der Waals surface area contributed by atoms with E-state index in [9.17, 15) is 0 Å². The minimum atomic E-state index is 0.599. The van der Waals surface area contributed by atoms with E-state index in [1.54, 1.807) is 0 Å². The summed E-state index contributed by atoms with van der Waals surface area (Å²) in [4.78, 5) is 0. The van der Waals surface area contributed by atoms with Crippen LogP contribution in [-0.4, -0.2) is 25.8 Å². The van der Waals surface area contributed by atoms with Crippen molar-refractivity contribution in [2.24, 2.45) is 17.3 Å². The lowest BCUT2D eigenvalue weighted by molar-refractivity contribution is 0.169. The van der Waals surface area contributed by atoms with Gasteiger partial charge in [0.25, 0.3) is 0 Å². The van der Waals surface area contributed by atoms with Crippen molar-refractivity contribution in [2.45, 2.75) is 65.3 Å². The van der Waals surface area contributed by atoms with E-state index in [1.165, 1.54) is 45.1 Å². The Kier molecular flexibility index (Phi) is 5.08. The standard InChI is InChI=1S/C16H31NO/c1-13(2)10-16(7-4-5-8-16)12-17-14(3)15-6-9-18-11-15/h13-15,17H,4-12H2,1-3H3. The summed E-state index contributed by atoms with van der Waals surface area (Å²) in [6.07, 6.45) is 8.39. The van der Waals surface area contributed by atoms with Gasteiger partial charge in [0, 0.05) is 19.2 Å². The summed E-state index contributed by atoms with van der Waals surface area (Å²) in [5, 5.41) is 3.83. The third-order valence-corrected chi connectivity index (χ3v) is 4.98. The molecule has 2 unspecified atom stereocenters. The van der Waals surface area contributed by atoms with Crippen molar-refractivity contribution in [3.8, 4) is 0 Å². The Morgan fingerprint density at radius 3 is 2.50 bits per heavy atom. The molecule has 1 saturated heterocycles. The molecule has 2 fully saturated rings. The molecule has 106 valence electrons. The normalized spacial score (nSPS) is 29.0. The molecule has 0 spiro atoms. The molecule has 1 aliphatic heterocycles. The van der Waals surface area contributed by atoms with Crippen molar-refractivity contribution in [2.75, 3.05) is 19.8 Å². The van der Waals surface area contributed by atoms with Gasteiger partial charge in [0.2, 0.25) is 0 Å². The second-order valence-electron chi connectivity index (χ2n) is 7.10. The van der Waals surface area contributed by atoms with Gasteiger partial charge in [-0.1, -0.05) is 26.7 Å². The van der Waals surface area contributed by atoms with Crippen LogP contribution in [0.25, 0.3) is 0 Å². The Bertz CT molecular complexity index is 239. The van der Waals surface area contributed by atoms with Crippen LogP contribution in [0.15, 0.2) is 0 Å². The molecule has 2 atom stereocenters. The quantitative estimate of drug-likeness (QED) is 0.781. The Balaban J connectivity index is 1.81. The molecule has 0 aromatic heterocycles. The van der Waals surface area contributed by atoms with Crippen molar-refractivity contribution >= 4 is 0 Å². The summed E-state index contributed by atoms with van der Waals surface area (Å²) >= 11 is 0. The van der Waals surface area contributed by atoms with E-state index in [4.69, 9.17) is 4.74 Å². The van der Waals surface area contributed by atoms with Gasteiger partial charge >= 0.3 is 0 Å². The van der Waals surface area contributed by atoms with Crippen LogP contribution in [0.3, 0.4) is 0 Å². The zero-order valence-corrected chi connectivity index (χ0v) is 12.5. The summed E-state index contributed by atoms with van der Waals surface area (Å²) in [6, 6.07) is 0.622. The largest absolute Gasteiger partial charge is 0.381 e. The second-order valence-corrected chi connectivity index (χ2v) is 7.10.